The van der Waals surface area contributed by atoms with E-state index in [0.29, 0.717) is 37.3 Å². The summed E-state index contributed by atoms with van der Waals surface area (Å²) in [6, 6.07) is 0. The number of imidazole rings is 1. The largest absolute Gasteiger partial charge is 0.381 e. The van der Waals surface area contributed by atoms with Gasteiger partial charge >= 0.3 is 0 Å². The number of rotatable bonds is 3. The van der Waals surface area contributed by atoms with Crippen molar-refractivity contribution in [2.45, 2.75) is 18.3 Å². The van der Waals surface area contributed by atoms with Gasteiger partial charge in [-0.1, -0.05) is 5.16 Å². The van der Waals surface area contributed by atoms with Crippen molar-refractivity contribution in [1.82, 2.24) is 20.1 Å². The van der Waals surface area contributed by atoms with Gasteiger partial charge in [0.05, 0.1) is 5.41 Å². The lowest BCUT2D eigenvalue weighted by Crippen LogP contribution is -2.40. The van der Waals surface area contributed by atoms with Crippen molar-refractivity contribution in [3.63, 3.8) is 0 Å². The van der Waals surface area contributed by atoms with E-state index in [4.69, 9.17) is 15.0 Å². The van der Waals surface area contributed by atoms with Gasteiger partial charge < -0.3 is 20.0 Å². The van der Waals surface area contributed by atoms with Gasteiger partial charge in [0, 0.05) is 32.2 Å². The highest BCUT2D eigenvalue weighted by Gasteiger charge is 2.38. The third kappa shape index (κ3) is 1.81. The standard InChI is InChI=1S/C11H15N5O2/c12-7-11(1-5-17-6-2-11)10-15-9(16-18-10)8-13-3-4-14-8/h3-4H,1-2,5-7,12H2,(H,13,14). The molecule has 1 saturated heterocycles. The van der Waals surface area contributed by atoms with Crippen molar-refractivity contribution in [2.24, 2.45) is 5.73 Å². The summed E-state index contributed by atoms with van der Waals surface area (Å²) in [6.07, 6.45) is 4.99. The van der Waals surface area contributed by atoms with Gasteiger partial charge in [-0.2, -0.15) is 4.98 Å². The second-order valence-corrected chi connectivity index (χ2v) is 4.46. The van der Waals surface area contributed by atoms with Gasteiger partial charge in [-0.15, -0.1) is 0 Å². The summed E-state index contributed by atoms with van der Waals surface area (Å²) in [5.74, 6) is 1.65. The van der Waals surface area contributed by atoms with Crippen molar-refractivity contribution in [3.05, 3.63) is 18.3 Å². The van der Waals surface area contributed by atoms with Crippen molar-refractivity contribution in [3.8, 4) is 11.6 Å². The molecule has 0 aromatic carbocycles. The first-order valence-corrected chi connectivity index (χ1v) is 5.96. The Morgan fingerprint density at radius 2 is 2.22 bits per heavy atom. The fourth-order valence-electron chi connectivity index (χ4n) is 2.19. The summed E-state index contributed by atoms with van der Waals surface area (Å²) in [6.45, 7) is 1.83. The van der Waals surface area contributed by atoms with Gasteiger partial charge in [0.1, 0.15) is 0 Å². The molecule has 7 heteroatoms. The number of H-pyrrole nitrogens is 1. The van der Waals surface area contributed by atoms with Gasteiger partial charge in [-0.05, 0) is 12.8 Å². The van der Waals surface area contributed by atoms with Crippen LogP contribution in [0.1, 0.15) is 18.7 Å². The molecule has 0 bridgehead atoms. The summed E-state index contributed by atoms with van der Waals surface area (Å²) in [5.41, 5.74) is 5.64. The molecule has 7 nitrogen and oxygen atoms in total. The lowest BCUT2D eigenvalue weighted by molar-refractivity contribution is 0.0409. The third-order valence-corrected chi connectivity index (χ3v) is 3.43. The number of nitrogens with one attached hydrogen (secondary N) is 1. The fourth-order valence-corrected chi connectivity index (χ4v) is 2.19. The first-order chi connectivity index (χ1) is 8.84. The molecule has 0 atom stereocenters. The minimum Gasteiger partial charge on any atom is -0.381 e. The van der Waals surface area contributed by atoms with E-state index in [9.17, 15) is 0 Å². The summed E-state index contributed by atoms with van der Waals surface area (Å²) in [7, 11) is 0. The number of aromatic amines is 1. The zero-order valence-corrected chi connectivity index (χ0v) is 9.93. The molecule has 0 aliphatic carbocycles. The SMILES string of the molecule is NCC1(c2nc(-c3ncc[nH]3)no2)CCOCC1. The maximum Gasteiger partial charge on any atom is 0.238 e. The average Bonchev–Trinajstić information content (AvgIpc) is 3.10. The molecule has 1 aliphatic rings. The molecule has 1 aliphatic heterocycles. The minimum atomic E-state index is -0.254. The highest BCUT2D eigenvalue weighted by Crippen LogP contribution is 2.33. The minimum absolute atomic E-state index is 0.254. The van der Waals surface area contributed by atoms with Crippen molar-refractivity contribution >= 4 is 0 Å². The molecule has 96 valence electrons. The van der Waals surface area contributed by atoms with Crippen LogP contribution in [0, 0.1) is 0 Å². The van der Waals surface area contributed by atoms with Gasteiger partial charge in [-0.25, -0.2) is 4.98 Å². The summed E-state index contributed by atoms with van der Waals surface area (Å²) in [4.78, 5) is 11.5. The average molecular weight is 249 g/mol. The summed E-state index contributed by atoms with van der Waals surface area (Å²) >= 11 is 0. The molecule has 2 aromatic rings. The predicted molar refractivity (Wildman–Crippen MR) is 62.7 cm³/mol. The Labute approximate surface area is 104 Å². The highest BCUT2D eigenvalue weighted by atomic mass is 16.5. The number of hydrogen-bond acceptors (Lipinski definition) is 6. The first kappa shape index (κ1) is 11.4. The maximum absolute atomic E-state index is 5.89. The summed E-state index contributed by atoms with van der Waals surface area (Å²) < 4.78 is 10.7. The van der Waals surface area contributed by atoms with Crippen LogP contribution < -0.4 is 5.73 Å². The van der Waals surface area contributed by atoms with E-state index in [1.54, 1.807) is 12.4 Å². The molecular weight excluding hydrogens is 234 g/mol. The van der Waals surface area contributed by atoms with Gasteiger partial charge in [-0.3, -0.25) is 0 Å². The van der Waals surface area contributed by atoms with Crippen molar-refractivity contribution in [1.29, 1.82) is 0 Å². The molecule has 0 amide bonds. The number of aromatic nitrogens is 4. The van der Waals surface area contributed by atoms with Crippen LogP contribution in [0.4, 0.5) is 0 Å². The quantitative estimate of drug-likeness (QED) is 0.819. The lowest BCUT2D eigenvalue weighted by atomic mass is 9.80. The van der Waals surface area contributed by atoms with Crippen LogP contribution in [0.15, 0.2) is 16.9 Å². The first-order valence-electron chi connectivity index (χ1n) is 5.96. The van der Waals surface area contributed by atoms with E-state index in [1.165, 1.54) is 0 Å². The Hall–Kier alpha value is -1.73. The van der Waals surface area contributed by atoms with Gasteiger partial charge in [0.2, 0.25) is 11.7 Å². The number of nitrogens with two attached hydrogens (primary N) is 1. The zero-order valence-electron chi connectivity index (χ0n) is 9.93. The van der Waals surface area contributed by atoms with Crippen LogP contribution in [0.5, 0.6) is 0 Å². The van der Waals surface area contributed by atoms with Gasteiger partial charge in [0.15, 0.2) is 5.82 Å². The molecule has 2 aromatic heterocycles. The van der Waals surface area contributed by atoms with E-state index in [1.807, 2.05) is 0 Å². The smallest absolute Gasteiger partial charge is 0.238 e. The molecule has 18 heavy (non-hydrogen) atoms. The van der Waals surface area contributed by atoms with Crippen molar-refractivity contribution < 1.29 is 9.26 Å². The lowest BCUT2D eigenvalue weighted by Gasteiger charge is -2.32. The Morgan fingerprint density at radius 1 is 1.39 bits per heavy atom. The molecule has 3 N–H and O–H groups in total. The zero-order chi connectivity index (χ0) is 12.4. The third-order valence-electron chi connectivity index (χ3n) is 3.43. The number of nitrogens with zero attached hydrogens (tertiary/aromatic N) is 3. The van der Waals surface area contributed by atoms with Gasteiger partial charge in [0.25, 0.3) is 0 Å². The van der Waals surface area contributed by atoms with Crippen LogP contribution >= 0.6 is 0 Å². The molecule has 0 unspecified atom stereocenters. The second-order valence-electron chi connectivity index (χ2n) is 4.46. The Kier molecular flexibility index (Phi) is 2.85. The molecule has 3 rings (SSSR count). The molecule has 0 saturated carbocycles. The van der Waals surface area contributed by atoms with Crippen LogP contribution in [-0.4, -0.2) is 39.9 Å². The topological polar surface area (TPSA) is 103 Å². The van der Waals surface area contributed by atoms with E-state index < -0.39 is 0 Å². The highest BCUT2D eigenvalue weighted by molar-refractivity contribution is 5.41. The Balaban J connectivity index is 1.92. The normalized spacial score (nSPS) is 18.9. The molecule has 3 heterocycles. The van der Waals surface area contributed by atoms with Crippen LogP contribution in [0.3, 0.4) is 0 Å². The number of ether oxygens (including phenoxy) is 1. The second kappa shape index (κ2) is 4.51. The van der Waals surface area contributed by atoms with Crippen molar-refractivity contribution in [2.75, 3.05) is 19.8 Å². The fraction of sp³-hybridized carbons (Fsp3) is 0.545. The molecule has 0 radical (unpaired) electrons. The van der Waals surface area contributed by atoms with E-state index in [2.05, 4.69) is 20.1 Å². The monoisotopic (exact) mass is 249 g/mol. The Morgan fingerprint density at radius 3 is 2.89 bits per heavy atom. The predicted octanol–water partition coefficient (Wildman–Crippen LogP) is 0.467. The van der Waals surface area contributed by atoms with E-state index in [-0.39, 0.29) is 5.41 Å². The Bertz CT molecular complexity index is 501. The maximum atomic E-state index is 5.89. The molecule has 0 spiro atoms. The summed E-state index contributed by atoms with van der Waals surface area (Å²) in [5, 5.41) is 3.95. The van der Waals surface area contributed by atoms with E-state index >= 15 is 0 Å². The van der Waals surface area contributed by atoms with Crippen LogP contribution in [-0.2, 0) is 10.2 Å². The number of hydrogen-bond donors (Lipinski definition) is 2. The van der Waals surface area contributed by atoms with E-state index in [0.717, 1.165) is 12.8 Å². The van der Waals surface area contributed by atoms with Crippen LogP contribution in [0.25, 0.3) is 11.6 Å². The molecule has 1 fully saturated rings. The molecular formula is C11H15N5O2. The van der Waals surface area contributed by atoms with Crippen LogP contribution in [0.2, 0.25) is 0 Å².